The van der Waals surface area contributed by atoms with Crippen molar-refractivity contribution in [1.29, 1.82) is 0 Å². The lowest BCUT2D eigenvalue weighted by Gasteiger charge is -2.15. The third-order valence-electron chi connectivity index (χ3n) is 4.61. The van der Waals surface area contributed by atoms with Gasteiger partial charge in [0.25, 0.3) is 0 Å². The van der Waals surface area contributed by atoms with E-state index in [1.54, 1.807) is 18.7 Å². The Morgan fingerprint density at radius 3 is 2.66 bits per heavy atom. The number of amides is 1. The van der Waals surface area contributed by atoms with Crippen LogP contribution in [0.15, 0.2) is 63.8 Å². The first-order valence-electron chi connectivity index (χ1n) is 9.88. The van der Waals surface area contributed by atoms with Gasteiger partial charge in [0.1, 0.15) is 23.7 Å². The number of rotatable bonds is 9. The van der Waals surface area contributed by atoms with E-state index in [0.717, 1.165) is 26.9 Å². The predicted octanol–water partition coefficient (Wildman–Crippen LogP) is 6.21. The van der Waals surface area contributed by atoms with Gasteiger partial charge in [-0.05, 0) is 18.6 Å². The van der Waals surface area contributed by atoms with Crippen molar-refractivity contribution in [3.05, 3.63) is 70.4 Å². The molecule has 1 atom stereocenters. The van der Waals surface area contributed by atoms with Crippen LogP contribution in [-0.2, 0) is 20.0 Å². The van der Waals surface area contributed by atoms with E-state index < -0.39 is 12.2 Å². The number of carbonyl (C=O) groups is 2. The lowest BCUT2D eigenvalue weighted by atomic mass is 10.1. The molecule has 1 heterocycles. The van der Waals surface area contributed by atoms with Crippen LogP contribution in [0.25, 0.3) is 11.3 Å². The van der Waals surface area contributed by atoms with Crippen molar-refractivity contribution in [3.8, 4) is 11.3 Å². The summed E-state index contributed by atoms with van der Waals surface area (Å²) in [5, 5.41) is 6.72. The molecule has 0 unspecified atom stereocenters. The van der Waals surface area contributed by atoms with Crippen LogP contribution in [0.2, 0.25) is 0 Å². The lowest BCUT2D eigenvalue weighted by Crippen LogP contribution is -2.16. The predicted molar refractivity (Wildman–Crippen MR) is 127 cm³/mol. The number of nitrogens with zero attached hydrogens (tertiary/aromatic N) is 1. The summed E-state index contributed by atoms with van der Waals surface area (Å²) in [6.07, 6.45) is 0.723. The quantitative estimate of drug-likeness (QED) is 0.266. The normalized spacial score (nSPS) is 11.6. The second kappa shape index (κ2) is 11.7. The molecule has 0 aliphatic carbocycles. The summed E-state index contributed by atoms with van der Waals surface area (Å²) in [5.74, 6) is 1.27. The van der Waals surface area contributed by atoms with Gasteiger partial charge in [-0.15, -0.1) is 0 Å². The first-order valence-corrected chi connectivity index (χ1v) is 11.8. The van der Waals surface area contributed by atoms with Gasteiger partial charge in [-0.3, -0.25) is 10.1 Å². The second-order valence-electron chi connectivity index (χ2n) is 6.85. The number of nitrogens with one attached hydrogen (secondary N) is 1. The van der Waals surface area contributed by atoms with Gasteiger partial charge in [-0.1, -0.05) is 63.6 Å². The monoisotopic (exact) mass is 518 g/mol. The maximum atomic E-state index is 12.4. The molecule has 3 rings (SSSR count). The van der Waals surface area contributed by atoms with Crippen LogP contribution >= 0.6 is 27.7 Å². The summed E-state index contributed by atoms with van der Waals surface area (Å²) in [4.78, 5) is 23.6. The fraction of sp³-hybridized carbons (Fsp3) is 0.261. The van der Waals surface area contributed by atoms with Gasteiger partial charge in [-0.2, -0.15) is 11.8 Å². The molecule has 2 aromatic carbocycles. The molecule has 1 amide bonds. The summed E-state index contributed by atoms with van der Waals surface area (Å²) < 4.78 is 16.1. The number of esters is 1. The summed E-state index contributed by atoms with van der Waals surface area (Å²) in [6.45, 7) is 1.80. The smallest absolute Gasteiger partial charge is 0.412 e. The zero-order chi connectivity index (χ0) is 22.9. The van der Waals surface area contributed by atoms with Gasteiger partial charge in [0.15, 0.2) is 0 Å². The van der Waals surface area contributed by atoms with Gasteiger partial charge >= 0.3 is 12.1 Å². The number of ether oxygens (including phenoxy) is 2. The Bertz CT molecular complexity index is 1050. The standard InChI is InChI=1S/C23H23BrN2O5S/c1-15(18-5-3-4-6-19(18)24)31-23(28)25-20-13-30-26-22(20)17-9-7-16(8-10-17)14-32-12-11-21(27)29-2/h3-10,13,15H,11-12,14H2,1-2H3,(H,25,28)/t15-/m1/s1. The Labute approximate surface area is 199 Å². The highest BCUT2D eigenvalue weighted by Crippen LogP contribution is 2.29. The molecule has 0 spiro atoms. The van der Waals surface area contributed by atoms with Crippen molar-refractivity contribution in [2.75, 3.05) is 18.2 Å². The highest BCUT2D eigenvalue weighted by atomic mass is 79.9. The molecule has 1 N–H and O–H groups in total. The van der Waals surface area contributed by atoms with Gasteiger partial charge in [0.2, 0.25) is 0 Å². The fourth-order valence-corrected chi connectivity index (χ4v) is 4.40. The molecular weight excluding hydrogens is 496 g/mol. The van der Waals surface area contributed by atoms with E-state index in [1.165, 1.54) is 13.4 Å². The van der Waals surface area contributed by atoms with E-state index in [4.69, 9.17) is 9.26 Å². The number of methoxy groups -OCH3 is 1. The average Bonchev–Trinajstić information content (AvgIpc) is 3.25. The van der Waals surface area contributed by atoms with Gasteiger partial charge in [0.05, 0.1) is 13.5 Å². The number of halogens is 1. The van der Waals surface area contributed by atoms with E-state index >= 15 is 0 Å². The number of hydrogen-bond donors (Lipinski definition) is 1. The van der Waals surface area contributed by atoms with Crippen LogP contribution < -0.4 is 5.32 Å². The van der Waals surface area contributed by atoms with Crippen LogP contribution in [-0.4, -0.2) is 30.1 Å². The lowest BCUT2D eigenvalue weighted by molar-refractivity contribution is -0.140. The molecule has 0 aliphatic rings. The van der Waals surface area contributed by atoms with Crippen LogP contribution in [0.4, 0.5) is 10.5 Å². The van der Waals surface area contributed by atoms with Crippen molar-refractivity contribution >= 4 is 45.4 Å². The molecule has 7 nitrogen and oxygen atoms in total. The molecule has 0 saturated heterocycles. The fourth-order valence-electron chi connectivity index (χ4n) is 2.91. The first kappa shape index (κ1) is 23.9. The third kappa shape index (κ3) is 6.61. The van der Waals surface area contributed by atoms with Crippen LogP contribution in [0.5, 0.6) is 0 Å². The average molecular weight is 519 g/mol. The Morgan fingerprint density at radius 1 is 1.19 bits per heavy atom. The van der Waals surface area contributed by atoms with Crippen molar-refractivity contribution < 1.29 is 23.6 Å². The number of benzene rings is 2. The molecular formula is C23H23BrN2O5S. The zero-order valence-corrected chi connectivity index (χ0v) is 20.1. The molecule has 0 radical (unpaired) electrons. The van der Waals surface area contributed by atoms with Crippen molar-refractivity contribution in [2.24, 2.45) is 0 Å². The Morgan fingerprint density at radius 2 is 1.94 bits per heavy atom. The highest BCUT2D eigenvalue weighted by Gasteiger charge is 2.18. The number of hydrogen-bond acceptors (Lipinski definition) is 7. The molecule has 1 aromatic heterocycles. The van der Waals surface area contributed by atoms with E-state index in [9.17, 15) is 9.59 Å². The van der Waals surface area contributed by atoms with Gasteiger partial charge < -0.3 is 14.0 Å². The van der Waals surface area contributed by atoms with Gasteiger partial charge in [0, 0.05) is 27.1 Å². The van der Waals surface area contributed by atoms with Gasteiger partial charge in [-0.25, -0.2) is 4.79 Å². The molecule has 0 aliphatic heterocycles. The zero-order valence-electron chi connectivity index (χ0n) is 17.7. The minimum atomic E-state index is -0.601. The summed E-state index contributed by atoms with van der Waals surface area (Å²) >= 11 is 5.12. The van der Waals surface area contributed by atoms with E-state index in [1.807, 2.05) is 48.5 Å². The molecule has 3 aromatic rings. The Kier molecular flexibility index (Phi) is 8.75. The summed E-state index contributed by atoms with van der Waals surface area (Å²) in [7, 11) is 1.39. The van der Waals surface area contributed by atoms with E-state index in [2.05, 4.69) is 31.1 Å². The molecule has 0 saturated carbocycles. The van der Waals surface area contributed by atoms with Crippen molar-refractivity contribution in [1.82, 2.24) is 5.16 Å². The molecule has 168 valence electrons. The maximum Gasteiger partial charge on any atom is 0.412 e. The van der Waals surface area contributed by atoms with Crippen molar-refractivity contribution in [2.45, 2.75) is 25.2 Å². The highest BCUT2D eigenvalue weighted by molar-refractivity contribution is 9.10. The summed E-state index contributed by atoms with van der Waals surface area (Å²) in [5.41, 5.74) is 3.72. The van der Waals surface area contributed by atoms with Crippen LogP contribution in [0.1, 0.15) is 30.6 Å². The first-order chi connectivity index (χ1) is 15.5. The number of thioether (sulfide) groups is 1. The molecule has 32 heavy (non-hydrogen) atoms. The second-order valence-corrected chi connectivity index (χ2v) is 8.81. The minimum Gasteiger partial charge on any atom is -0.469 e. The van der Waals surface area contributed by atoms with Crippen LogP contribution in [0.3, 0.4) is 0 Å². The van der Waals surface area contributed by atoms with Crippen LogP contribution in [0, 0.1) is 0 Å². The van der Waals surface area contributed by atoms with E-state index in [0.29, 0.717) is 23.6 Å². The Balaban J connectivity index is 1.57. The maximum absolute atomic E-state index is 12.4. The molecule has 0 bridgehead atoms. The van der Waals surface area contributed by atoms with Crippen molar-refractivity contribution in [3.63, 3.8) is 0 Å². The third-order valence-corrected chi connectivity index (χ3v) is 6.36. The Hall–Kier alpha value is -2.78. The minimum absolute atomic E-state index is 0.205. The number of aromatic nitrogens is 1. The number of anilines is 1. The van der Waals surface area contributed by atoms with E-state index in [-0.39, 0.29) is 5.97 Å². The SMILES string of the molecule is COC(=O)CCSCc1ccc(-c2nocc2NC(=O)O[C@H](C)c2ccccc2Br)cc1. The topological polar surface area (TPSA) is 90.7 Å². The number of carbonyl (C=O) groups excluding carboxylic acids is 2. The molecule has 0 fully saturated rings. The molecule has 9 heteroatoms. The summed E-state index contributed by atoms with van der Waals surface area (Å²) in [6, 6.07) is 15.4. The largest absolute Gasteiger partial charge is 0.469 e.